The first-order valence-corrected chi connectivity index (χ1v) is 7.06. The molecule has 0 spiro atoms. The van der Waals surface area contributed by atoms with Crippen molar-refractivity contribution < 1.29 is 4.74 Å². The third-order valence-electron chi connectivity index (χ3n) is 3.02. The van der Waals surface area contributed by atoms with Gasteiger partial charge in [-0.05, 0) is 12.1 Å². The van der Waals surface area contributed by atoms with Gasteiger partial charge in [-0.15, -0.1) is 0 Å². The van der Waals surface area contributed by atoms with Crippen LogP contribution in [0.1, 0.15) is 0 Å². The summed E-state index contributed by atoms with van der Waals surface area (Å²) in [6, 6.07) is 17.8. The average Bonchev–Trinajstić information content (AvgIpc) is 2.90. The van der Waals surface area contributed by atoms with Crippen LogP contribution < -0.4 is 10.5 Å². The molecule has 100 valence electrons. The third kappa shape index (κ3) is 2.38. The molecule has 0 aliphatic carbocycles. The molecule has 0 radical (unpaired) electrons. The van der Waals surface area contributed by atoms with E-state index < -0.39 is 0 Å². The van der Waals surface area contributed by atoms with E-state index in [1.165, 1.54) is 11.3 Å². The van der Waals surface area contributed by atoms with Gasteiger partial charge in [0.2, 0.25) is 0 Å². The fourth-order valence-corrected chi connectivity index (χ4v) is 2.86. The van der Waals surface area contributed by atoms with Crippen molar-refractivity contribution in [3.05, 3.63) is 54.6 Å². The molecular formula is C16H14N2OS. The van der Waals surface area contributed by atoms with Crippen molar-refractivity contribution in [2.45, 2.75) is 0 Å². The van der Waals surface area contributed by atoms with Crippen molar-refractivity contribution in [3.8, 4) is 27.6 Å². The lowest BCUT2D eigenvalue weighted by molar-refractivity contribution is 0.415. The number of nitrogens with zero attached hydrogens (tertiary/aromatic N) is 1. The number of benzene rings is 2. The monoisotopic (exact) mass is 282 g/mol. The zero-order chi connectivity index (χ0) is 13.9. The minimum atomic E-state index is 0.731. The van der Waals surface area contributed by atoms with Crippen molar-refractivity contribution in [3.63, 3.8) is 0 Å². The van der Waals surface area contributed by atoms with Gasteiger partial charge >= 0.3 is 0 Å². The van der Waals surface area contributed by atoms with E-state index in [0.717, 1.165) is 32.6 Å². The number of rotatable bonds is 3. The van der Waals surface area contributed by atoms with Gasteiger partial charge in [0, 0.05) is 11.1 Å². The van der Waals surface area contributed by atoms with Crippen molar-refractivity contribution in [2.75, 3.05) is 12.8 Å². The maximum atomic E-state index is 6.11. The second kappa shape index (κ2) is 5.35. The van der Waals surface area contributed by atoms with E-state index >= 15 is 0 Å². The predicted molar refractivity (Wildman–Crippen MR) is 84.0 cm³/mol. The Labute approximate surface area is 121 Å². The second-order valence-corrected chi connectivity index (χ2v) is 5.36. The first-order valence-electron chi connectivity index (χ1n) is 6.24. The lowest BCUT2D eigenvalue weighted by Crippen LogP contribution is -1.85. The van der Waals surface area contributed by atoms with Crippen LogP contribution in [0, 0.1) is 0 Å². The standard InChI is InChI=1S/C16H14N2OS/c1-19-13-9-5-8-12(10-13)16-18-14(15(17)20-16)11-6-3-2-4-7-11/h2-10H,17H2,1H3. The summed E-state index contributed by atoms with van der Waals surface area (Å²) in [4.78, 5) is 4.66. The molecule has 3 aromatic rings. The smallest absolute Gasteiger partial charge is 0.126 e. The summed E-state index contributed by atoms with van der Waals surface area (Å²) in [6.45, 7) is 0. The molecule has 0 fully saturated rings. The van der Waals surface area contributed by atoms with Crippen LogP contribution in [0.2, 0.25) is 0 Å². The molecule has 3 rings (SSSR count). The predicted octanol–water partition coefficient (Wildman–Crippen LogP) is 4.07. The average molecular weight is 282 g/mol. The summed E-state index contributed by atoms with van der Waals surface area (Å²) in [6.07, 6.45) is 0. The maximum Gasteiger partial charge on any atom is 0.126 e. The van der Waals surface area contributed by atoms with Gasteiger partial charge in [0.1, 0.15) is 21.5 Å². The highest BCUT2D eigenvalue weighted by Gasteiger charge is 2.12. The number of thiazole rings is 1. The Hall–Kier alpha value is -2.33. The molecular weight excluding hydrogens is 268 g/mol. The van der Waals surface area contributed by atoms with Crippen LogP contribution in [0.3, 0.4) is 0 Å². The highest BCUT2D eigenvalue weighted by atomic mass is 32.1. The van der Waals surface area contributed by atoms with E-state index in [2.05, 4.69) is 4.98 Å². The third-order valence-corrected chi connectivity index (χ3v) is 3.95. The highest BCUT2D eigenvalue weighted by molar-refractivity contribution is 7.19. The molecule has 1 heterocycles. The number of hydrogen-bond donors (Lipinski definition) is 1. The van der Waals surface area contributed by atoms with Gasteiger partial charge in [0.25, 0.3) is 0 Å². The molecule has 4 heteroatoms. The molecule has 1 aromatic heterocycles. The van der Waals surface area contributed by atoms with Gasteiger partial charge < -0.3 is 10.5 Å². The Morgan fingerprint density at radius 3 is 2.50 bits per heavy atom. The fourth-order valence-electron chi connectivity index (χ4n) is 2.01. The molecule has 0 saturated heterocycles. The molecule has 0 aliphatic rings. The van der Waals surface area contributed by atoms with Crippen LogP contribution in [0.25, 0.3) is 21.8 Å². The molecule has 20 heavy (non-hydrogen) atoms. The summed E-state index contributed by atoms with van der Waals surface area (Å²) in [5.74, 6) is 0.817. The molecule has 2 aromatic carbocycles. The van der Waals surface area contributed by atoms with Crippen LogP contribution in [-0.4, -0.2) is 12.1 Å². The Bertz CT molecular complexity index is 722. The van der Waals surface area contributed by atoms with Crippen LogP contribution >= 0.6 is 11.3 Å². The number of nitrogens with two attached hydrogens (primary N) is 1. The Balaban J connectivity index is 2.04. The first-order chi connectivity index (χ1) is 9.78. The summed E-state index contributed by atoms with van der Waals surface area (Å²) in [7, 11) is 1.66. The minimum Gasteiger partial charge on any atom is -0.497 e. The van der Waals surface area contributed by atoms with Gasteiger partial charge in [-0.2, -0.15) is 0 Å². The number of ether oxygens (including phenoxy) is 1. The largest absolute Gasteiger partial charge is 0.497 e. The molecule has 2 N–H and O–H groups in total. The van der Waals surface area contributed by atoms with Gasteiger partial charge in [-0.1, -0.05) is 53.8 Å². The van der Waals surface area contributed by atoms with E-state index in [4.69, 9.17) is 10.5 Å². The molecule has 0 bridgehead atoms. The fraction of sp³-hybridized carbons (Fsp3) is 0.0625. The minimum absolute atomic E-state index is 0.731. The van der Waals surface area contributed by atoms with E-state index in [-0.39, 0.29) is 0 Å². The van der Waals surface area contributed by atoms with Crippen molar-refractivity contribution in [1.82, 2.24) is 4.98 Å². The van der Waals surface area contributed by atoms with Crippen molar-refractivity contribution in [2.24, 2.45) is 0 Å². The van der Waals surface area contributed by atoms with Crippen molar-refractivity contribution in [1.29, 1.82) is 0 Å². The zero-order valence-corrected chi connectivity index (χ0v) is 11.9. The number of nitrogen functional groups attached to an aromatic ring is 1. The number of anilines is 1. The van der Waals surface area contributed by atoms with Crippen LogP contribution in [0.5, 0.6) is 5.75 Å². The molecule has 0 unspecified atom stereocenters. The van der Waals surface area contributed by atoms with Gasteiger partial charge in [0.15, 0.2) is 0 Å². The molecule has 3 nitrogen and oxygen atoms in total. The molecule has 0 saturated carbocycles. The van der Waals surface area contributed by atoms with E-state index in [1.807, 2.05) is 54.6 Å². The zero-order valence-electron chi connectivity index (χ0n) is 11.0. The van der Waals surface area contributed by atoms with Crippen molar-refractivity contribution >= 4 is 16.3 Å². The van der Waals surface area contributed by atoms with Crippen LogP contribution in [-0.2, 0) is 0 Å². The molecule has 0 atom stereocenters. The van der Waals surface area contributed by atoms with Gasteiger partial charge in [-0.25, -0.2) is 4.98 Å². The number of aromatic nitrogens is 1. The SMILES string of the molecule is COc1cccc(-c2nc(-c3ccccc3)c(N)s2)c1. The van der Waals surface area contributed by atoms with Gasteiger partial charge in [0.05, 0.1) is 7.11 Å². The Morgan fingerprint density at radius 2 is 1.75 bits per heavy atom. The summed E-state index contributed by atoms with van der Waals surface area (Å²) in [5, 5.41) is 1.63. The van der Waals surface area contributed by atoms with Crippen LogP contribution in [0.15, 0.2) is 54.6 Å². The normalized spacial score (nSPS) is 10.4. The summed E-state index contributed by atoms with van der Waals surface area (Å²) >= 11 is 1.49. The first kappa shape index (κ1) is 12.7. The quantitative estimate of drug-likeness (QED) is 0.787. The molecule has 0 aliphatic heterocycles. The van der Waals surface area contributed by atoms with Crippen LogP contribution in [0.4, 0.5) is 5.00 Å². The lowest BCUT2D eigenvalue weighted by Gasteiger charge is -2.01. The number of hydrogen-bond acceptors (Lipinski definition) is 4. The summed E-state index contributed by atoms with van der Waals surface area (Å²) in [5.41, 5.74) is 9.00. The summed E-state index contributed by atoms with van der Waals surface area (Å²) < 4.78 is 5.24. The topological polar surface area (TPSA) is 48.1 Å². The van der Waals surface area contributed by atoms with Gasteiger partial charge in [-0.3, -0.25) is 0 Å². The number of methoxy groups -OCH3 is 1. The van der Waals surface area contributed by atoms with E-state index in [9.17, 15) is 0 Å². The maximum absolute atomic E-state index is 6.11. The lowest BCUT2D eigenvalue weighted by atomic mass is 10.1. The van der Waals surface area contributed by atoms with E-state index in [1.54, 1.807) is 7.11 Å². The highest BCUT2D eigenvalue weighted by Crippen LogP contribution is 2.36. The molecule has 0 amide bonds. The Kier molecular flexibility index (Phi) is 3.39. The second-order valence-electron chi connectivity index (χ2n) is 4.33. The van der Waals surface area contributed by atoms with E-state index in [0.29, 0.717) is 0 Å². The Morgan fingerprint density at radius 1 is 1.00 bits per heavy atom.